The molecule has 1 atom stereocenters. The first kappa shape index (κ1) is 35.8. The van der Waals surface area contributed by atoms with Gasteiger partial charge >= 0.3 is 5.97 Å². The zero-order valence-corrected chi connectivity index (χ0v) is 33.3. The number of aromatic nitrogens is 1. The van der Waals surface area contributed by atoms with Crippen molar-refractivity contribution in [3.8, 4) is 5.75 Å². The quantitative estimate of drug-likeness (QED) is 0.109. The summed E-state index contributed by atoms with van der Waals surface area (Å²) in [6.45, 7) is 6.47. The average molecular weight is 935 g/mol. The molecule has 250 valence electrons. The molecule has 1 aromatic heterocycles. The Labute approximate surface area is 325 Å². The van der Waals surface area contributed by atoms with Crippen LogP contribution in [0.5, 0.6) is 5.75 Å². The number of benzene rings is 4. The summed E-state index contributed by atoms with van der Waals surface area (Å²) in [5.74, 6) is 0.443. The van der Waals surface area contributed by atoms with Crippen molar-refractivity contribution in [2.45, 2.75) is 39.3 Å². The number of hydrogen-bond acceptors (Lipinski definition) is 6. The predicted molar refractivity (Wildman–Crippen MR) is 214 cm³/mol. The monoisotopic (exact) mass is 934 g/mol. The number of carbonyl (C=O) groups is 1. The Morgan fingerprint density at radius 1 is 1.00 bits per heavy atom. The fourth-order valence-corrected chi connectivity index (χ4v) is 8.94. The topological polar surface area (TPSA) is 69.9 Å². The molecule has 1 aliphatic rings. The molecule has 49 heavy (non-hydrogen) atoms. The van der Waals surface area contributed by atoms with Gasteiger partial charge in [-0.1, -0.05) is 109 Å². The largest absolute Gasteiger partial charge is 0.487 e. The van der Waals surface area contributed by atoms with E-state index in [1.165, 1.54) is 11.3 Å². The molecule has 6 rings (SSSR count). The molecule has 0 saturated carbocycles. The number of esters is 1. The van der Waals surface area contributed by atoms with E-state index in [2.05, 4.69) is 59.0 Å². The fraction of sp³-hybridized carbons (Fsp3) is 0.184. The van der Waals surface area contributed by atoms with Crippen molar-refractivity contribution in [3.05, 3.63) is 155 Å². The summed E-state index contributed by atoms with van der Waals surface area (Å²) in [6, 6.07) is 26.2. The Morgan fingerprint density at radius 3 is 2.41 bits per heavy atom. The lowest BCUT2D eigenvalue weighted by Crippen LogP contribution is -2.40. The summed E-state index contributed by atoms with van der Waals surface area (Å²) in [4.78, 5) is 33.8. The van der Waals surface area contributed by atoms with E-state index in [-0.39, 0.29) is 18.8 Å². The number of thiazole rings is 1. The third-order valence-electron chi connectivity index (χ3n) is 7.98. The Morgan fingerprint density at radius 2 is 1.73 bits per heavy atom. The van der Waals surface area contributed by atoms with Crippen LogP contribution in [0.1, 0.15) is 60.5 Å². The molecular weight excluding hydrogens is 905 g/mol. The highest BCUT2D eigenvalue weighted by molar-refractivity contribution is 14.1. The Hall–Kier alpha value is -2.97. The highest BCUT2D eigenvalue weighted by atomic mass is 127. The van der Waals surface area contributed by atoms with E-state index in [9.17, 15) is 9.59 Å². The van der Waals surface area contributed by atoms with Gasteiger partial charge in [0.2, 0.25) is 0 Å². The molecular formula is C38H30Cl2I2N2O4S. The maximum Gasteiger partial charge on any atom is 0.338 e. The van der Waals surface area contributed by atoms with E-state index in [1.807, 2.05) is 78.9 Å². The molecule has 0 bridgehead atoms. The fourth-order valence-electron chi connectivity index (χ4n) is 5.58. The van der Waals surface area contributed by atoms with E-state index in [0.29, 0.717) is 42.3 Å². The van der Waals surface area contributed by atoms with Crippen LogP contribution in [0.4, 0.5) is 0 Å². The highest BCUT2D eigenvalue weighted by Gasteiger charge is 2.35. The van der Waals surface area contributed by atoms with Crippen molar-refractivity contribution in [2.24, 2.45) is 4.99 Å². The first-order chi connectivity index (χ1) is 23.5. The van der Waals surface area contributed by atoms with Crippen LogP contribution in [-0.4, -0.2) is 17.1 Å². The highest BCUT2D eigenvalue weighted by Crippen LogP contribution is 2.36. The first-order valence-electron chi connectivity index (χ1n) is 15.5. The van der Waals surface area contributed by atoms with Crippen LogP contribution in [0.25, 0.3) is 11.8 Å². The Bertz CT molecular complexity index is 2270. The Kier molecular flexibility index (Phi) is 11.3. The van der Waals surface area contributed by atoms with Crippen LogP contribution in [0.2, 0.25) is 10.0 Å². The molecule has 0 aliphatic carbocycles. The standard InChI is InChI=1S/C38H30Cl2I2N2O4S/c1-4-47-37(46)32-33(24-8-6-5-7-9-24)43-38-44(34(32)25-13-11-23(12-14-25)21(2)3)36(45)31(49-38)18-26-17-27(41)19-30(42)35(26)48-20-22-10-15-28(39)29(40)16-22/h5-19,21,34H,4,20H2,1-3H3/b31-18-/t34-/m0/s1. The lowest BCUT2D eigenvalue weighted by atomic mass is 9.91. The van der Waals surface area contributed by atoms with E-state index in [4.69, 9.17) is 37.7 Å². The molecule has 2 heterocycles. The molecule has 0 spiro atoms. The summed E-state index contributed by atoms with van der Waals surface area (Å²) < 4.78 is 15.9. The number of halogens is 4. The van der Waals surface area contributed by atoms with E-state index in [0.717, 1.165) is 35.0 Å². The zero-order chi connectivity index (χ0) is 34.8. The second-order valence-corrected chi connectivity index (χ2v) is 15.8. The molecule has 0 amide bonds. The van der Waals surface area contributed by atoms with Crippen LogP contribution in [0.3, 0.4) is 0 Å². The van der Waals surface area contributed by atoms with Gasteiger partial charge in [-0.2, -0.15) is 0 Å². The lowest BCUT2D eigenvalue weighted by Gasteiger charge is -2.26. The van der Waals surface area contributed by atoms with Gasteiger partial charge < -0.3 is 9.47 Å². The van der Waals surface area contributed by atoms with E-state index in [1.54, 1.807) is 23.6 Å². The number of rotatable bonds is 9. The molecule has 0 fully saturated rings. The van der Waals surface area contributed by atoms with Crippen LogP contribution >= 0.6 is 79.7 Å². The molecule has 11 heteroatoms. The summed E-state index contributed by atoms with van der Waals surface area (Å²) in [5, 5.41) is 0.924. The Balaban J connectivity index is 1.55. The van der Waals surface area contributed by atoms with Crippen molar-refractivity contribution in [3.63, 3.8) is 0 Å². The molecule has 0 radical (unpaired) electrons. The normalized spacial score (nSPS) is 14.5. The summed E-state index contributed by atoms with van der Waals surface area (Å²) in [7, 11) is 0. The number of hydrogen-bond donors (Lipinski definition) is 0. The van der Waals surface area contributed by atoms with Gasteiger partial charge in [-0.15, -0.1) is 0 Å². The van der Waals surface area contributed by atoms with Crippen LogP contribution < -0.4 is 19.6 Å². The van der Waals surface area contributed by atoms with E-state index >= 15 is 0 Å². The summed E-state index contributed by atoms with van der Waals surface area (Å²) >= 11 is 18.2. The van der Waals surface area contributed by atoms with E-state index < -0.39 is 12.0 Å². The second kappa shape index (κ2) is 15.5. The van der Waals surface area contributed by atoms with Gasteiger partial charge in [0.25, 0.3) is 5.56 Å². The summed E-state index contributed by atoms with van der Waals surface area (Å²) in [6.07, 6.45) is 1.84. The van der Waals surface area contributed by atoms with Crippen molar-refractivity contribution in [1.82, 2.24) is 4.57 Å². The molecule has 4 aromatic carbocycles. The minimum absolute atomic E-state index is 0.185. The molecule has 1 aliphatic heterocycles. The summed E-state index contributed by atoms with van der Waals surface area (Å²) in [5.41, 5.74) is 4.85. The maximum absolute atomic E-state index is 14.5. The van der Waals surface area contributed by atoms with Gasteiger partial charge in [0, 0.05) is 14.7 Å². The van der Waals surface area contributed by atoms with Crippen molar-refractivity contribution in [1.29, 1.82) is 0 Å². The number of carbonyl (C=O) groups excluding carboxylic acids is 1. The lowest BCUT2D eigenvalue weighted by molar-refractivity contribution is -0.138. The first-order valence-corrected chi connectivity index (χ1v) is 19.2. The van der Waals surface area contributed by atoms with Gasteiger partial charge in [-0.3, -0.25) is 9.36 Å². The smallest absolute Gasteiger partial charge is 0.338 e. The SMILES string of the molecule is CCOC(=O)C1=C(c2ccccc2)N=c2s/c(=C\c3cc(I)cc(I)c3OCc3ccc(Cl)c(Cl)c3)c(=O)n2[C@H]1c1ccc(C(C)C)cc1. The molecule has 0 unspecified atom stereocenters. The van der Waals surface area contributed by atoms with Crippen LogP contribution in [0.15, 0.2) is 100 Å². The number of fused-ring (bicyclic) bond motifs is 1. The number of nitrogens with zero attached hydrogens (tertiary/aromatic N) is 2. The van der Waals surface area contributed by atoms with Gasteiger partial charge in [-0.25, -0.2) is 9.79 Å². The van der Waals surface area contributed by atoms with Crippen molar-refractivity contribution < 1.29 is 14.3 Å². The van der Waals surface area contributed by atoms with Gasteiger partial charge in [0.1, 0.15) is 12.4 Å². The third-order valence-corrected chi connectivity index (χ3v) is 11.1. The zero-order valence-electron chi connectivity index (χ0n) is 26.7. The van der Waals surface area contributed by atoms with Gasteiger partial charge in [-0.05, 0) is 105 Å². The van der Waals surface area contributed by atoms with Crippen molar-refractivity contribution >= 4 is 97.5 Å². The number of ether oxygens (including phenoxy) is 2. The average Bonchev–Trinajstić information content (AvgIpc) is 3.39. The second-order valence-electron chi connectivity index (χ2n) is 11.6. The van der Waals surface area contributed by atoms with Gasteiger partial charge in [0.05, 0.1) is 42.1 Å². The molecule has 0 N–H and O–H groups in total. The minimum atomic E-state index is -0.754. The molecule has 0 saturated heterocycles. The van der Waals surface area contributed by atoms with Gasteiger partial charge in [0.15, 0.2) is 4.80 Å². The third kappa shape index (κ3) is 7.70. The predicted octanol–water partition coefficient (Wildman–Crippen LogP) is 9.15. The van der Waals surface area contributed by atoms with Crippen LogP contribution in [0, 0.1) is 7.14 Å². The van der Waals surface area contributed by atoms with Crippen molar-refractivity contribution in [2.75, 3.05) is 6.61 Å². The molecule has 5 aromatic rings. The van der Waals surface area contributed by atoms with Crippen LogP contribution in [-0.2, 0) is 16.1 Å². The minimum Gasteiger partial charge on any atom is -0.487 e. The maximum atomic E-state index is 14.5. The molecule has 6 nitrogen and oxygen atoms in total.